The van der Waals surface area contributed by atoms with Crippen molar-refractivity contribution in [2.45, 2.75) is 6.92 Å². The highest BCUT2D eigenvalue weighted by molar-refractivity contribution is 6.01. The smallest absolute Gasteiger partial charge is 0.0499 e. The molecule has 94 valence electrons. The summed E-state index contributed by atoms with van der Waals surface area (Å²) in [6, 6.07) is 23.4. The SMILES string of the molecule is CCNc1c(-c2ccccc2)ccc2ccccc12. The minimum absolute atomic E-state index is 0.924. The van der Waals surface area contributed by atoms with Gasteiger partial charge >= 0.3 is 0 Å². The summed E-state index contributed by atoms with van der Waals surface area (Å²) in [5, 5.41) is 6.08. The van der Waals surface area contributed by atoms with Crippen LogP contribution >= 0.6 is 0 Å². The van der Waals surface area contributed by atoms with Crippen molar-refractivity contribution in [3.63, 3.8) is 0 Å². The number of fused-ring (bicyclic) bond motifs is 1. The summed E-state index contributed by atoms with van der Waals surface area (Å²) in [5.74, 6) is 0. The van der Waals surface area contributed by atoms with E-state index in [0.29, 0.717) is 0 Å². The zero-order chi connectivity index (χ0) is 13.1. The van der Waals surface area contributed by atoms with Crippen molar-refractivity contribution in [1.29, 1.82) is 0 Å². The molecule has 0 heterocycles. The molecule has 1 nitrogen and oxygen atoms in total. The van der Waals surface area contributed by atoms with Crippen molar-refractivity contribution in [3.05, 3.63) is 66.7 Å². The Balaban J connectivity index is 2.27. The van der Waals surface area contributed by atoms with Gasteiger partial charge in [0, 0.05) is 23.2 Å². The lowest BCUT2D eigenvalue weighted by Crippen LogP contribution is -1.99. The van der Waals surface area contributed by atoms with Crippen molar-refractivity contribution in [2.75, 3.05) is 11.9 Å². The van der Waals surface area contributed by atoms with Gasteiger partial charge in [0.15, 0.2) is 0 Å². The first-order valence-corrected chi connectivity index (χ1v) is 6.71. The minimum atomic E-state index is 0.924. The Morgan fingerprint density at radius 1 is 0.789 bits per heavy atom. The largest absolute Gasteiger partial charge is 0.384 e. The molecule has 0 aliphatic carbocycles. The summed E-state index contributed by atoms with van der Waals surface area (Å²) in [5.41, 5.74) is 3.75. The van der Waals surface area contributed by atoms with E-state index >= 15 is 0 Å². The molecule has 19 heavy (non-hydrogen) atoms. The molecule has 0 fully saturated rings. The third kappa shape index (κ3) is 2.19. The molecular weight excluding hydrogens is 230 g/mol. The van der Waals surface area contributed by atoms with Gasteiger partial charge in [0.1, 0.15) is 0 Å². The van der Waals surface area contributed by atoms with Crippen LogP contribution in [0.1, 0.15) is 6.92 Å². The van der Waals surface area contributed by atoms with Crippen molar-refractivity contribution >= 4 is 16.5 Å². The first-order chi connectivity index (χ1) is 9.40. The summed E-state index contributed by atoms with van der Waals surface area (Å²) in [6.45, 7) is 3.06. The van der Waals surface area contributed by atoms with Crippen LogP contribution in [0.4, 0.5) is 5.69 Å². The second kappa shape index (κ2) is 5.15. The van der Waals surface area contributed by atoms with E-state index in [1.54, 1.807) is 0 Å². The maximum Gasteiger partial charge on any atom is 0.0499 e. The van der Waals surface area contributed by atoms with Gasteiger partial charge in [-0.2, -0.15) is 0 Å². The van der Waals surface area contributed by atoms with Crippen LogP contribution in [0, 0.1) is 0 Å². The van der Waals surface area contributed by atoms with E-state index in [1.165, 1.54) is 27.6 Å². The van der Waals surface area contributed by atoms with Crippen LogP contribution in [0.15, 0.2) is 66.7 Å². The molecule has 0 saturated carbocycles. The maximum absolute atomic E-state index is 3.52. The first kappa shape index (κ1) is 11.8. The summed E-state index contributed by atoms with van der Waals surface area (Å²) in [7, 11) is 0. The Labute approximate surface area is 113 Å². The molecule has 0 aliphatic rings. The van der Waals surface area contributed by atoms with E-state index in [1.807, 2.05) is 0 Å². The maximum atomic E-state index is 3.52. The van der Waals surface area contributed by atoms with Gasteiger partial charge < -0.3 is 5.32 Å². The molecule has 1 N–H and O–H groups in total. The number of benzene rings is 3. The molecule has 0 amide bonds. The molecule has 0 unspecified atom stereocenters. The van der Waals surface area contributed by atoms with Crippen LogP contribution in [0.2, 0.25) is 0 Å². The molecule has 0 aromatic heterocycles. The van der Waals surface area contributed by atoms with Crippen molar-refractivity contribution in [2.24, 2.45) is 0 Å². The van der Waals surface area contributed by atoms with E-state index in [-0.39, 0.29) is 0 Å². The Kier molecular flexibility index (Phi) is 3.20. The number of anilines is 1. The summed E-state index contributed by atoms with van der Waals surface area (Å²) >= 11 is 0. The zero-order valence-corrected chi connectivity index (χ0v) is 11.1. The minimum Gasteiger partial charge on any atom is -0.384 e. The van der Waals surface area contributed by atoms with E-state index in [4.69, 9.17) is 0 Å². The lowest BCUT2D eigenvalue weighted by molar-refractivity contribution is 1.22. The topological polar surface area (TPSA) is 12.0 Å². The first-order valence-electron chi connectivity index (χ1n) is 6.71. The standard InChI is InChI=1S/C18H17N/c1-2-19-18-16-11-7-6-10-15(16)12-13-17(18)14-8-4-3-5-9-14/h3-13,19H,2H2,1H3. The molecule has 0 saturated heterocycles. The molecule has 3 rings (SSSR count). The van der Waals surface area contributed by atoms with Crippen molar-refractivity contribution < 1.29 is 0 Å². The monoisotopic (exact) mass is 247 g/mol. The van der Waals surface area contributed by atoms with Gasteiger partial charge in [0.25, 0.3) is 0 Å². The average Bonchev–Trinajstić information content (AvgIpc) is 2.49. The molecule has 0 aliphatic heterocycles. The lowest BCUT2D eigenvalue weighted by atomic mass is 9.98. The molecular formula is C18H17N. The predicted octanol–water partition coefficient (Wildman–Crippen LogP) is 4.94. The Morgan fingerprint density at radius 2 is 1.53 bits per heavy atom. The van der Waals surface area contributed by atoms with Gasteiger partial charge in [0.2, 0.25) is 0 Å². The summed E-state index contributed by atoms with van der Waals surface area (Å²) in [4.78, 5) is 0. The number of nitrogens with one attached hydrogen (secondary N) is 1. The zero-order valence-electron chi connectivity index (χ0n) is 11.1. The van der Waals surface area contributed by atoms with Crippen LogP contribution in [-0.2, 0) is 0 Å². The fourth-order valence-corrected chi connectivity index (χ4v) is 2.50. The van der Waals surface area contributed by atoms with Gasteiger partial charge in [-0.25, -0.2) is 0 Å². The van der Waals surface area contributed by atoms with Crippen LogP contribution in [0.3, 0.4) is 0 Å². The third-order valence-corrected chi connectivity index (χ3v) is 3.37. The number of hydrogen-bond donors (Lipinski definition) is 1. The lowest BCUT2D eigenvalue weighted by Gasteiger charge is -2.14. The quantitative estimate of drug-likeness (QED) is 0.691. The molecule has 1 heteroatoms. The number of hydrogen-bond acceptors (Lipinski definition) is 1. The molecule has 0 radical (unpaired) electrons. The highest BCUT2D eigenvalue weighted by Crippen LogP contribution is 2.34. The second-order valence-corrected chi connectivity index (χ2v) is 4.61. The molecule has 0 bridgehead atoms. The van der Waals surface area contributed by atoms with Gasteiger partial charge in [-0.1, -0.05) is 66.7 Å². The Hall–Kier alpha value is -2.28. The van der Waals surface area contributed by atoms with Crippen LogP contribution in [-0.4, -0.2) is 6.54 Å². The van der Waals surface area contributed by atoms with Gasteiger partial charge in [0.05, 0.1) is 0 Å². The Morgan fingerprint density at radius 3 is 2.32 bits per heavy atom. The second-order valence-electron chi connectivity index (χ2n) is 4.61. The fraction of sp³-hybridized carbons (Fsp3) is 0.111. The highest BCUT2D eigenvalue weighted by Gasteiger charge is 2.08. The van der Waals surface area contributed by atoms with Crippen LogP contribution in [0.25, 0.3) is 21.9 Å². The predicted molar refractivity (Wildman–Crippen MR) is 83.5 cm³/mol. The van der Waals surface area contributed by atoms with E-state index in [2.05, 4.69) is 79.0 Å². The molecule has 3 aromatic carbocycles. The van der Waals surface area contributed by atoms with Crippen molar-refractivity contribution in [3.8, 4) is 11.1 Å². The van der Waals surface area contributed by atoms with Crippen molar-refractivity contribution in [1.82, 2.24) is 0 Å². The summed E-state index contributed by atoms with van der Waals surface area (Å²) in [6.07, 6.45) is 0. The molecule has 0 atom stereocenters. The normalized spacial score (nSPS) is 10.6. The van der Waals surface area contributed by atoms with Gasteiger partial charge in [-0.3, -0.25) is 0 Å². The molecule has 3 aromatic rings. The average molecular weight is 247 g/mol. The van der Waals surface area contributed by atoms with Crippen LogP contribution < -0.4 is 5.32 Å². The third-order valence-electron chi connectivity index (χ3n) is 3.37. The molecule has 0 spiro atoms. The fourth-order valence-electron chi connectivity index (χ4n) is 2.50. The Bertz CT molecular complexity index is 686. The van der Waals surface area contributed by atoms with Crippen LogP contribution in [0.5, 0.6) is 0 Å². The highest BCUT2D eigenvalue weighted by atomic mass is 14.9. The van der Waals surface area contributed by atoms with E-state index in [9.17, 15) is 0 Å². The summed E-state index contributed by atoms with van der Waals surface area (Å²) < 4.78 is 0. The van der Waals surface area contributed by atoms with Gasteiger partial charge in [-0.05, 0) is 17.9 Å². The van der Waals surface area contributed by atoms with E-state index < -0.39 is 0 Å². The van der Waals surface area contributed by atoms with Gasteiger partial charge in [-0.15, -0.1) is 0 Å². The van der Waals surface area contributed by atoms with E-state index in [0.717, 1.165) is 6.54 Å². The number of rotatable bonds is 3.